The summed E-state index contributed by atoms with van der Waals surface area (Å²) in [5.41, 5.74) is 1.29. The van der Waals surface area contributed by atoms with E-state index in [2.05, 4.69) is 10.6 Å². The van der Waals surface area contributed by atoms with E-state index in [4.69, 9.17) is 11.6 Å². The summed E-state index contributed by atoms with van der Waals surface area (Å²) < 4.78 is 0. The minimum absolute atomic E-state index is 0.00593. The molecule has 0 unspecified atom stereocenters. The van der Waals surface area contributed by atoms with Gasteiger partial charge in [0.2, 0.25) is 11.8 Å². The molecule has 0 fully saturated rings. The standard InChI is InChI=1S/C16H23ClN2O2/c1-11-7-8-12(17)10-13(11)19-14(20)6-5-9-18-15(21)16(2,3)4/h7-8,10H,5-6,9H2,1-4H3,(H,18,21)(H,19,20). The van der Waals surface area contributed by atoms with Crippen LogP contribution in [0.2, 0.25) is 5.02 Å². The summed E-state index contributed by atoms with van der Waals surface area (Å²) in [5, 5.41) is 6.25. The van der Waals surface area contributed by atoms with Crippen LogP contribution in [0.4, 0.5) is 5.69 Å². The predicted octanol–water partition coefficient (Wildman–Crippen LogP) is 3.53. The SMILES string of the molecule is Cc1ccc(Cl)cc1NC(=O)CCCNC(=O)C(C)(C)C. The Bertz CT molecular complexity index is 521. The van der Waals surface area contributed by atoms with Crippen LogP contribution >= 0.6 is 11.6 Å². The van der Waals surface area contributed by atoms with Crippen molar-refractivity contribution in [1.29, 1.82) is 0 Å². The zero-order valence-corrected chi connectivity index (χ0v) is 13.8. The molecule has 0 aliphatic heterocycles. The Kier molecular flexibility index (Phi) is 6.21. The van der Waals surface area contributed by atoms with Crippen molar-refractivity contribution in [3.63, 3.8) is 0 Å². The fraction of sp³-hybridized carbons (Fsp3) is 0.500. The average Bonchev–Trinajstić information content (AvgIpc) is 2.37. The first-order chi connectivity index (χ1) is 9.70. The third-order valence-corrected chi connectivity index (χ3v) is 3.26. The highest BCUT2D eigenvalue weighted by Crippen LogP contribution is 2.20. The van der Waals surface area contributed by atoms with Gasteiger partial charge >= 0.3 is 0 Å². The van der Waals surface area contributed by atoms with Crippen LogP contribution in [0.15, 0.2) is 18.2 Å². The first-order valence-electron chi connectivity index (χ1n) is 7.04. The number of hydrogen-bond donors (Lipinski definition) is 2. The van der Waals surface area contributed by atoms with Gasteiger partial charge in [0.15, 0.2) is 0 Å². The van der Waals surface area contributed by atoms with E-state index < -0.39 is 5.41 Å². The van der Waals surface area contributed by atoms with Crippen LogP contribution < -0.4 is 10.6 Å². The molecule has 0 aromatic heterocycles. The Balaban J connectivity index is 2.35. The number of anilines is 1. The minimum Gasteiger partial charge on any atom is -0.356 e. The summed E-state index contributed by atoms with van der Waals surface area (Å²) in [7, 11) is 0. The van der Waals surface area contributed by atoms with Crippen LogP contribution in [0.5, 0.6) is 0 Å². The van der Waals surface area contributed by atoms with Gasteiger partial charge in [-0.3, -0.25) is 9.59 Å². The second kappa shape index (κ2) is 7.46. The summed E-state index contributed by atoms with van der Waals surface area (Å²) in [5.74, 6) is -0.0843. The maximum atomic E-state index is 11.9. The van der Waals surface area contributed by atoms with Crippen LogP contribution in [-0.4, -0.2) is 18.4 Å². The van der Waals surface area contributed by atoms with E-state index in [0.717, 1.165) is 11.3 Å². The Hall–Kier alpha value is -1.55. The number of benzene rings is 1. The molecular weight excluding hydrogens is 288 g/mol. The molecule has 0 radical (unpaired) electrons. The zero-order chi connectivity index (χ0) is 16.0. The lowest BCUT2D eigenvalue weighted by atomic mass is 9.96. The van der Waals surface area contributed by atoms with Gasteiger partial charge in [0.1, 0.15) is 0 Å². The first kappa shape index (κ1) is 17.5. The lowest BCUT2D eigenvalue weighted by Gasteiger charge is -2.17. The molecular formula is C16H23ClN2O2. The van der Waals surface area contributed by atoms with Gasteiger partial charge in [-0.25, -0.2) is 0 Å². The van der Waals surface area contributed by atoms with Crippen molar-refractivity contribution in [3.05, 3.63) is 28.8 Å². The van der Waals surface area contributed by atoms with Gasteiger partial charge in [-0.1, -0.05) is 38.4 Å². The highest BCUT2D eigenvalue weighted by Gasteiger charge is 2.20. The van der Waals surface area contributed by atoms with E-state index in [0.29, 0.717) is 24.4 Å². The predicted molar refractivity (Wildman–Crippen MR) is 86.5 cm³/mol. The third kappa shape index (κ3) is 6.17. The molecule has 21 heavy (non-hydrogen) atoms. The van der Waals surface area contributed by atoms with Crippen molar-refractivity contribution in [2.24, 2.45) is 5.41 Å². The first-order valence-corrected chi connectivity index (χ1v) is 7.42. The molecule has 1 aromatic carbocycles. The normalized spacial score (nSPS) is 11.1. The van der Waals surface area contributed by atoms with E-state index in [9.17, 15) is 9.59 Å². The maximum Gasteiger partial charge on any atom is 0.225 e. The minimum atomic E-state index is -0.403. The molecule has 0 aliphatic carbocycles. The highest BCUT2D eigenvalue weighted by atomic mass is 35.5. The van der Waals surface area contributed by atoms with Crippen molar-refractivity contribution < 1.29 is 9.59 Å². The number of hydrogen-bond acceptors (Lipinski definition) is 2. The van der Waals surface area contributed by atoms with E-state index >= 15 is 0 Å². The lowest BCUT2D eigenvalue weighted by Crippen LogP contribution is -2.35. The fourth-order valence-electron chi connectivity index (χ4n) is 1.66. The molecule has 0 saturated heterocycles. The molecule has 1 aromatic rings. The molecule has 0 atom stereocenters. The Labute approximate surface area is 131 Å². The van der Waals surface area contributed by atoms with Gasteiger partial charge in [0, 0.05) is 29.1 Å². The molecule has 0 heterocycles. The molecule has 2 amide bonds. The number of rotatable bonds is 5. The lowest BCUT2D eigenvalue weighted by molar-refractivity contribution is -0.128. The van der Waals surface area contributed by atoms with E-state index in [1.165, 1.54) is 0 Å². The van der Waals surface area contributed by atoms with Crippen molar-refractivity contribution in [2.45, 2.75) is 40.5 Å². The van der Waals surface area contributed by atoms with Crippen molar-refractivity contribution >= 4 is 29.1 Å². The molecule has 0 spiro atoms. The van der Waals surface area contributed by atoms with Crippen LogP contribution in [0.3, 0.4) is 0 Å². The highest BCUT2D eigenvalue weighted by molar-refractivity contribution is 6.31. The Morgan fingerprint density at radius 2 is 1.90 bits per heavy atom. The summed E-state index contributed by atoms with van der Waals surface area (Å²) in [6, 6.07) is 5.38. The van der Waals surface area contributed by atoms with Crippen molar-refractivity contribution in [3.8, 4) is 0 Å². The van der Waals surface area contributed by atoms with Crippen LogP contribution in [0.1, 0.15) is 39.2 Å². The molecule has 0 aliphatic rings. The quantitative estimate of drug-likeness (QED) is 0.817. The van der Waals surface area contributed by atoms with Gasteiger partial charge in [-0.2, -0.15) is 0 Å². The molecule has 5 heteroatoms. The number of halogens is 1. The van der Waals surface area contributed by atoms with Crippen molar-refractivity contribution in [1.82, 2.24) is 5.32 Å². The zero-order valence-electron chi connectivity index (χ0n) is 13.0. The number of aryl methyl sites for hydroxylation is 1. The van der Waals surface area contributed by atoms with Gasteiger partial charge in [0.05, 0.1) is 0 Å². The molecule has 4 nitrogen and oxygen atoms in total. The van der Waals surface area contributed by atoms with Crippen LogP contribution in [-0.2, 0) is 9.59 Å². The number of amides is 2. The smallest absolute Gasteiger partial charge is 0.225 e. The second-order valence-electron chi connectivity index (χ2n) is 6.12. The van der Waals surface area contributed by atoms with E-state index in [-0.39, 0.29) is 11.8 Å². The average molecular weight is 311 g/mol. The summed E-state index contributed by atoms with van der Waals surface area (Å²) in [4.78, 5) is 23.5. The summed E-state index contributed by atoms with van der Waals surface area (Å²) >= 11 is 5.91. The number of carbonyl (C=O) groups excluding carboxylic acids is 2. The number of nitrogens with one attached hydrogen (secondary N) is 2. The van der Waals surface area contributed by atoms with Gasteiger partial charge < -0.3 is 10.6 Å². The topological polar surface area (TPSA) is 58.2 Å². The molecule has 0 bridgehead atoms. The Morgan fingerprint density at radius 1 is 1.24 bits per heavy atom. The molecule has 116 valence electrons. The summed E-state index contributed by atoms with van der Waals surface area (Å²) in [6.07, 6.45) is 0.962. The summed E-state index contributed by atoms with van der Waals surface area (Å²) in [6.45, 7) is 7.98. The van der Waals surface area contributed by atoms with Gasteiger partial charge in [0.25, 0.3) is 0 Å². The van der Waals surface area contributed by atoms with Gasteiger partial charge in [-0.15, -0.1) is 0 Å². The Morgan fingerprint density at radius 3 is 2.52 bits per heavy atom. The largest absolute Gasteiger partial charge is 0.356 e. The molecule has 2 N–H and O–H groups in total. The van der Waals surface area contributed by atoms with E-state index in [1.807, 2.05) is 33.8 Å². The molecule has 1 rings (SSSR count). The van der Waals surface area contributed by atoms with E-state index in [1.54, 1.807) is 12.1 Å². The number of carbonyl (C=O) groups is 2. The van der Waals surface area contributed by atoms with Crippen LogP contribution in [0, 0.1) is 12.3 Å². The van der Waals surface area contributed by atoms with Crippen molar-refractivity contribution in [2.75, 3.05) is 11.9 Å². The molecule has 0 saturated carbocycles. The maximum absolute atomic E-state index is 11.9. The third-order valence-electron chi connectivity index (χ3n) is 3.02. The van der Waals surface area contributed by atoms with Gasteiger partial charge in [-0.05, 0) is 31.0 Å². The fourth-order valence-corrected chi connectivity index (χ4v) is 1.83. The monoisotopic (exact) mass is 310 g/mol. The van der Waals surface area contributed by atoms with Crippen LogP contribution in [0.25, 0.3) is 0 Å². The second-order valence-corrected chi connectivity index (χ2v) is 6.55.